The standard InChI is InChI=1S/C21H20F3N3O3/c1-30-16-5-6-17-18(12-16)27(20(29)19(17)28)13-25-7-9-26(10-8-25)15-4-2-3-14(11-15)21(22,23)24/h2-6,11-12H,7-10,13H2,1H3. The van der Waals surface area contributed by atoms with Crippen LogP contribution in [-0.2, 0) is 11.0 Å². The number of nitrogens with zero attached hydrogens (tertiary/aromatic N) is 3. The largest absolute Gasteiger partial charge is 0.497 e. The van der Waals surface area contributed by atoms with Crippen LogP contribution in [0.4, 0.5) is 24.5 Å². The highest BCUT2D eigenvalue weighted by molar-refractivity contribution is 6.52. The van der Waals surface area contributed by atoms with E-state index in [-0.39, 0.29) is 6.67 Å². The van der Waals surface area contributed by atoms with Crippen molar-refractivity contribution >= 4 is 23.1 Å². The maximum absolute atomic E-state index is 13.0. The first-order valence-electron chi connectivity index (χ1n) is 9.47. The quantitative estimate of drug-likeness (QED) is 0.714. The number of fused-ring (bicyclic) bond motifs is 1. The summed E-state index contributed by atoms with van der Waals surface area (Å²) in [5.74, 6) is -0.579. The van der Waals surface area contributed by atoms with Crippen LogP contribution in [0.25, 0.3) is 0 Å². The van der Waals surface area contributed by atoms with Crippen LogP contribution < -0.4 is 14.5 Å². The molecule has 0 aromatic heterocycles. The lowest BCUT2D eigenvalue weighted by atomic mass is 10.1. The number of hydrogen-bond donors (Lipinski definition) is 0. The zero-order chi connectivity index (χ0) is 21.5. The van der Waals surface area contributed by atoms with Crippen molar-refractivity contribution in [1.29, 1.82) is 0 Å². The molecule has 1 saturated heterocycles. The summed E-state index contributed by atoms with van der Waals surface area (Å²) >= 11 is 0. The summed E-state index contributed by atoms with van der Waals surface area (Å²) < 4.78 is 44.1. The van der Waals surface area contributed by atoms with Gasteiger partial charge in [0.15, 0.2) is 0 Å². The predicted octanol–water partition coefficient (Wildman–Crippen LogP) is 3.02. The van der Waals surface area contributed by atoms with Crippen molar-refractivity contribution in [2.24, 2.45) is 0 Å². The van der Waals surface area contributed by atoms with Crippen LogP contribution in [0, 0.1) is 0 Å². The maximum atomic E-state index is 13.0. The molecule has 2 aliphatic rings. The number of amides is 1. The van der Waals surface area contributed by atoms with Gasteiger partial charge in [0.05, 0.1) is 30.6 Å². The summed E-state index contributed by atoms with van der Waals surface area (Å²) in [5, 5.41) is 0. The topological polar surface area (TPSA) is 53.1 Å². The summed E-state index contributed by atoms with van der Waals surface area (Å²) in [7, 11) is 1.51. The minimum atomic E-state index is -4.38. The molecule has 158 valence electrons. The lowest BCUT2D eigenvalue weighted by Gasteiger charge is -2.37. The van der Waals surface area contributed by atoms with Gasteiger partial charge in [0.25, 0.3) is 5.78 Å². The Morgan fingerprint density at radius 1 is 1.00 bits per heavy atom. The third kappa shape index (κ3) is 3.72. The Hall–Kier alpha value is -3.07. The first kappa shape index (κ1) is 20.2. The van der Waals surface area contributed by atoms with Crippen molar-refractivity contribution in [2.45, 2.75) is 6.18 Å². The molecule has 0 atom stereocenters. The van der Waals surface area contributed by atoms with E-state index in [2.05, 4.69) is 0 Å². The zero-order valence-corrected chi connectivity index (χ0v) is 16.3. The highest BCUT2D eigenvalue weighted by Crippen LogP contribution is 2.34. The van der Waals surface area contributed by atoms with Crippen LogP contribution in [0.5, 0.6) is 5.75 Å². The molecule has 0 N–H and O–H groups in total. The lowest BCUT2D eigenvalue weighted by molar-refractivity contribution is -0.137. The van der Waals surface area contributed by atoms with Crippen LogP contribution in [-0.4, -0.2) is 56.5 Å². The van der Waals surface area contributed by atoms with Crippen LogP contribution in [0.1, 0.15) is 15.9 Å². The molecule has 6 nitrogen and oxygen atoms in total. The van der Waals surface area contributed by atoms with E-state index in [1.807, 2.05) is 9.80 Å². The SMILES string of the molecule is COc1ccc2c(c1)N(CN1CCN(c3cccc(C(F)(F)F)c3)CC1)C(=O)C2=O. The fourth-order valence-corrected chi connectivity index (χ4v) is 3.77. The predicted molar refractivity (Wildman–Crippen MR) is 105 cm³/mol. The normalized spacial score (nSPS) is 17.5. The number of halogens is 3. The molecule has 0 spiro atoms. The van der Waals surface area contributed by atoms with Gasteiger partial charge in [-0.25, -0.2) is 0 Å². The average Bonchev–Trinajstić information content (AvgIpc) is 2.98. The van der Waals surface area contributed by atoms with E-state index in [9.17, 15) is 22.8 Å². The van der Waals surface area contributed by atoms with E-state index >= 15 is 0 Å². The fraction of sp³-hybridized carbons (Fsp3) is 0.333. The third-order valence-electron chi connectivity index (χ3n) is 5.43. The Balaban J connectivity index is 1.44. The minimum absolute atomic E-state index is 0.237. The summed E-state index contributed by atoms with van der Waals surface area (Å²) in [5.41, 5.74) is 0.717. The van der Waals surface area contributed by atoms with E-state index in [4.69, 9.17) is 4.74 Å². The van der Waals surface area contributed by atoms with Crippen molar-refractivity contribution in [3.05, 3.63) is 53.6 Å². The summed E-state index contributed by atoms with van der Waals surface area (Å²) in [6.07, 6.45) is -4.38. The van der Waals surface area contributed by atoms with Crippen molar-refractivity contribution in [3.63, 3.8) is 0 Å². The van der Waals surface area contributed by atoms with E-state index in [1.165, 1.54) is 18.1 Å². The van der Waals surface area contributed by atoms with E-state index in [0.717, 1.165) is 12.1 Å². The van der Waals surface area contributed by atoms with Gasteiger partial charge in [0.2, 0.25) is 0 Å². The van der Waals surface area contributed by atoms with Crippen LogP contribution >= 0.6 is 0 Å². The van der Waals surface area contributed by atoms with Crippen LogP contribution in [0.2, 0.25) is 0 Å². The number of methoxy groups -OCH3 is 1. The second-order valence-corrected chi connectivity index (χ2v) is 7.24. The number of ketones is 1. The molecule has 0 bridgehead atoms. The highest BCUT2D eigenvalue weighted by Gasteiger charge is 2.37. The summed E-state index contributed by atoms with van der Waals surface area (Å²) in [6, 6.07) is 10.2. The van der Waals surface area contributed by atoms with Gasteiger partial charge in [0, 0.05) is 37.9 Å². The molecule has 0 radical (unpaired) electrons. The number of alkyl halides is 3. The second-order valence-electron chi connectivity index (χ2n) is 7.24. The molecule has 2 heterocycles. The van der Waals surface area contributed by atoms with Gasteiger partial charge in [-0.1, -0.05) is 6.07 Å². The average molecular weight is 419 g/mol. The van der Waals surface area contributed by atoms with E-state index in [0.29, 0.717) is 48.9 Å². The number of piperazine rings is 1. The molecule has 0 saturated carbocycles. The zero-order valence-electron chi connectivity index (χ0n) is 16.3. The van der Waals surface area contributed by atoms with E-state index < -0.39 is 23.4 Å². The number of carbonyl (C=O) groups is 2. The minimum Gasteiger partial charge on any atom is -0.497 e. The number of benzene rings is 2. The van der Waals surface area contributed by atoms with Gasteiger partial charge in [-0.3, -0.25) is 19.4 Å². The third-order valence-corrected chi connectivity index (χ3v) is 5.43. The van der Waals surface area contributed by atoms with Gasteiger partial charge in [-0.05, 0) is 30.3 Å². The molecule has 9 heteroatoms. The summed E-state index contributed by atoms with van der Waals surface area (Å²) in [4.78, 5) is 30.0. The fourth-order valence-electron chi connectivity index (χ4n) is 3.77. The molecule has 2 aromatic carbocycles. The number of ether oxygens (including phenoxy) is 1. The van der Waals surface area contributed by atoms with Crippen LogP contribution in [0.15, 0.2) is 42.5 Å². The second kappa shape index (κ2) is 7.64. The first-order chi connectivity index (χ1) is 14.3. The monoisotopic (exact) mass is 419 g/mol. The van der Waals surface area contributed by atoms with Crippen LogP contribution in [0.3, 0.4) is 0 Å². The van der Waals surface area contributed by atoms with E-state index in [1.54, 1.807) is 24.3 Å². The molecule has 0 unspecified atom stereocenters. The maximum Gasteiger partial charge on any atom is 0.416 e. The Morgan fingerprint density at radius 3 is 2.40 bits per heavy atom. The highest BCUT2D eigenvalue weighted by atomic mass is 19.4. The molecule has 2 aliphatic heterocycles. The van der Waals surface area contributed by atoms with Crippen molar-refractivity contribution in [2.75, 3.05) is 49.8 Å². The molecule has 2 aromatic rings. The van der Waals surface area contributed by atoms with Gasteiger partial charge in [-0.15, -0.1) is 0 Å². The summed E-state index contributed by atoms with van der Waals surface area (Å²) in [6.45, 7) is 2.37. The Kier molecular flexibility index (Phi) is 5.15. The number of anilines is 2. The number of rotatable bonds is 4. The molecule has 0 aliphatic carbocycles. The molecule has 1 amide bonds. The van der Waals surface area contributed by atoms with Gasteiger partial charge in [0.1, 0.15) is 5.75 Å². The molecular weight excluding hydrogens is 399 g/mol. The number of Topliss-reactive ketones (excluding diaryl/α,β-unsaturated/α-hetero) is 1. The Morgan fingerprint density at radius 2 is 1.73 bits per heavy atom. The van der Waals surface area contributed by atoms with Gasteiger partial charge >= 0.3 is 12.1 Å². The molecular formula is C21H20F3N3O3. The van der Waals surface area contributed by atoms with Gasteiger partial charge < -0.3 is 9.64 Å². The smallest absolute Gasteiger partial charge is 0.416 e. The Labute approximate surface area is 171 Å². The molecule has 30 heavy (non-hydrogen) atoms. The molecule has 1 fully saturated rings. The first-order valence-corrected chi connectivity index (χ1v) is 9.47. The number of hydrogen-bond acceptors (Lipinski definition) is 5. The molecule has 4 rings (SSSR count). The number of carbonyl (C=O) groups excluding carboxylic acids is 2. The van der Waals surface area contributed by atoms with Crippen molar-refractivity contribution < 1.29 is 27.5 Å². The van der Waals surface area contributed by atoms with Crippen molar-refractivity contribution in [3.8, 4) is 5.75 Å². The lowest BCUT2D eigenvalue weighted by Crippen LogP contribution is -2.51. The van der Waals surface area contributed by atoms with Gasteiger partial charge in [-0.2, -0.15) is 13.2 Å². The Bertz CT molecular complexity index is 985. The van der Waals surface area contributed by atoms with Crippen molar-refractivity contribution in [1.82, 2.24) is 4.90 Å².